The van der Waals surface area contributed by atoms with Crippen molar-refractivity contribution in [3.63, 3.8) is 0 Å². The van der Waals surface area contributed by atoms with Crippen LogP contribution < -0.4 is 0 Å². The topological polar surface area (TPSA) is 26.3 Å². The molecule has 0 aliphatic heterocycles. The van der Waals surface area contributed by atoms with Gasteiger partial charge in [-0.15, -0.1) is 0 Å². The van der Waals surface area contributed by atoms with Gasteiger partial charge >= 0.3 is 5.97 Å². The summed E-state index contributed by atoms with van der Waals surface area (Å²) in [6.45, 7) is 14.9. The minimum absolute atomic E-state index is 0.218. The summed E-state index contributed by atoms with van der Waals surface area (Å²) >= 11 is 0. The van der Waals surface area contributed by atoms with E-state index < -0.39 is 0 Å². The van der Waals surface area contributed by atoms with Crippen molar-refractivity contribution in [2.75, 3.05) is 0 Å². The van der Waals surface area contributed by atoms with Crippen LogP contribution in [0.15, 0.2) is 42.5 Å². The van der Waals surface area contributed by atoms with Crippen molar-refractivity contribution in [2.45, 2.75) is 72.3 Å². The average molecular weight is 353 g/mol. The molecule has 2 nitrogen and oxygen atoms in total. The molecule has 2 rings (SSSR count). The van der Waals surface area contributed by atoms with Crippen molar-refractivity contribution in [1.29, 1.82) is 0 Å². The Hall–Kier alpha value is -2.09. The quantitative estimate of drug-likeness (QED) is 0.524. The third-order valence-electron chi connectivity index (χ3n) is 4.89. The number of benzene rings is 2. The Bertz CT molecular complexity index is 713. The largest absolute Gasteiger partial charge is 0.454 e. The van der Waals surface area contributed by atoms with Crippen molar-refractivity contribution in [2.24, 2.45) is 0 Å². The molecule has 0 spiro atoms. The lowest BCUT2D eigenvalue weighted by molar-refractivity contribution is 0.0334. The highest BCUT2D eigenvalue weighted by Gasteiger charge is 2.24. The molecule has 0 aliphatic carbocycles. The standard InChI is InChI=1S/C24H32O2/c1-15(2)20-13-21(16(3)4)23(22(14-20)17(5)6)24(25)26-18(7)19-11-9-8-10-12-19/h8-18H,1-7H3. The van der Waals surface area contributed by atoms with Crippen molar-refractivity contribution in [3.8, 4) is 0 Å². The third-order valence-corrected chi connectivity index (χ3v) is 4.89. The molecule has 0 heterocycles. The van der Waals surface area contributed by atoms with Crippen LogP contribution in [-0.4, -0.2) is 5.97 Å². The van der Waals surface area contributed by atoms with E-state index in [1.165, 1.54) is 5.56 Å². The summed E-state index contributed by atoms with van der Waals surface area (Å²) < 4.78 is 5.87. The second-order valence-corrected chi connectivity index (χ2v) is 8.00. The van der Waals surface area contributed by atoms with Gasteiger partial charge in [-0.25, -0.2) is 4.79 Å². The minimum atomic E-state index is -0.270. The lowest BCUT2D eigenvalue weighted by Gasteiger charge is -2.23. The molecule has 0 amide bonds. The van der Waals surface area contributed by atoms with E-state index in [0.29, 0.717) is 5.92 Å². The summed E-state index contributed by atoms with van der Waals surface area (Å²) in [5.74, 6) is 0.740. The highest BCUT2D eigenvalue weighted by atomic mass is 16.5. The zero-order valence-corrected chi connectivity index (χ0v) is 17.2. The monoisotopic (exact) mass is 352 g/mol. The van der Waals surface area contributed by atoms with Gasteiger partial charge in [-0.1, -0.05) is 84.0 Å². The predicted molar refractivity (Wildman–Crippen MR) is 109 cm³/mol. The van der Waals surface area contributed by atoms with Crippen LogP contribution in [0.3, 0.4) is 0 Å². The van der Waals surface area contributed by atoms with Gasteiger partial charge in [-0.05, 0) is 46.9 Å². The fourth-order valence-corrected chi connectivity index (χ4v) is 3.20. The van der Waals surface area contributed by atoms with Crippen LogP contribution in [0.1, 0.15) is 105 Å². The maximum Gasteiger partial charge on any atom is 0.339 e. The first-order valence-electron chi connectivity index (χ1n) is 9.66. The van der Waals surface area contributed by atoms with Crippen molar-refractivity contribution in [1.82, 2.24) is 0 Å². The van der Waals surface area contributed by atoms with Crippen molar-refractivity contribution >= 4 is 5.97 Å². The second kappa shape index (κ2) is 8.53. The van der Waals surface area contributed by atoms with E-state index in [-0.39, 0.29) is 23.9 Å². The number of hydrogen-bond acceptors (Lipinski definition) is 2. The first-order valence-corrected chi connectivity index (χ1v) is 9.66. The molecule has 140 valence electrons. The lowest BCUT2D eigenvalue weighted by atomic mass is 9.84. The summed E-state index contributed by atoms with van der Waals surface area (Å²) in [5, 5.41) is 0. The summed E-state index contributed by atoms with van der Waals surface area (Å²) in [6, 6.07) is 14.3. The van der Waals surface area contributed by atoms with Gasteiger partial charge in [0.2, 0.25) is 0 Å². The van der Waals surface area contributed by atoms with Crippen LogP contribution in [0, 0.1) is 0 Å². The Morgan fingerprint density at radius 1 is 0.731 bits per heavy atom. The van der Waals surface area contributed by atoms with E-state index in [1.807, 2.05) is 37.3 Å². The maximum atomic E-state index is 13.1. The first-order chi connectivity index (χ1) is 12.2. The van der Waals surface area contributed by atoms with E-state index >= 15 is 0 Å². The molecule has 26 heavy (non-hydrogen) atoms. The van der Waals surface area contributed by atoms with Gasteiger partial charge in [0.15, 0.2) is 0 Å². The highest BCUT2D eigenvalue weighted by molar-refractivity contribution is 5.93. The van der Waals surface area contributed by atoms with Gasteiger partial charge in [0.25, 0.3) is 0 Å². The molecular weight excluding hydrogens is 320 g/mol. The van der Waals surface area contributed by atoms with Gasteiger partial charge < -0.3 is 4.74 Å². The fourth-order valence-electron chi connectivity index (χ4n) is 3.20. The Kier molecular flexibility index (Phi) is 6.63. The molecule has 2 aromatic rings. The maximum absolute atomic E-state index is 13.1. The summed E-state index contributed by atoms with van der Waals surface area (Å²) in [5.41, 5.74) is 5.22. The van der Waals surface area contributed by atoms with Crippen LogP contribution in [0.25, 0.3) is 0 Å². The van der Waals surface area contributed by atoms with E-state index in [2.05, 4.69) is 53.7 Å². The number of carbonyl (C=O) groups is 1. The molecule has 1 unspecified atom stereocenters. The van der Waals surface area contributed by atoms with E-state index in [4.69, 9.17) is 4.74 Å². The Morgan fingerprint density at radius 3 is 1.65 bits per heavy atom. The van der Waals surface area contributed by atoms with Gasteiger partial charge in [0, 0.05) is 0 Å². The van der Waals surface area contributed by atoms with Gasteiger partial charge in [-0.2, -0.15) is 0 Å². The SMILES string of the molecule is CC(C)c1cc(C(C)C)c(C(=O)OC(C)c2ccccc2)c(C(C)C)c1. The smallest absolute Gasteiger partial charge is 0.339 e. The number of esters is 1. The molecule has 0 aliphatic rings. The van der Waals surface area contributed by atoms with Crippen molar-refractivity contribution in [3.05, 3.63) is 70.3 Å². The number of hydrogen-bond donors (Lipinski definition) is 0. The van der Waals surface area contributed by atoms with Gasteiger partial charge in [0.05, 0.1) is 5.56 Å². The van der Waals surface area contributed by atoms with Crippen LogP contribution in [-0.2, 0) is 4.74 Å². The molecule has 0 bridgehead atoms. The number of carbonyl (C=O) groups excluding carboxylic acids is 1. The van der Waals surface area contributed by atoms with Crippen LogP contribution in [0.5, 0.6) is 0 Å². The zero-order valence-electron chi connectivity index (χ0n) is 17.2. The average Bonchev–Trinajstić information content (AvgIpc) is 2.60. The van der Waals surface area contributed by atoms with Gasteiger partial charge in [0.1, 0.15) is 6.10 Å². The molecule has 0 fully saturated rings. The Balaban J connectivity index is 2.47. The van der Waals surface area contributed by atoms with E-state index in [1.54, 1.807) is 0 Å². The Labute approximate surface area is 158 Å². The summed E-state index contributed by atoms with van der Waals surface area (Å²) in [4.78, 5) is 13.1. The predicted octanol–water partition coefficient (Wildman–Crippen LogP) is 6.97. The number of ether oxygens (including phenoxy) is 1. The highest BCUT2D eigenvalue weighted by Crippen LogP contribution is 2.33. The van der Waals surface area contributed by atoms with E-state index in [9.17, 15) is 4.79 Å². The zero-order chi connectivity index (χ0) is 19.4. The first kappa shape index (κ1) is 20.2. The van der Waals surface area contributed by atoms with Crippen LogP contribution in [0.4, 0.5) is 0 Å². The normalized spacial score (nSPS) is 12.7. The number of rotatable bonds is 6. The molecular formula is C24H32O2. The molecule has 2 heteroatoms. The van der Waals surface area contributed by atoms with Crippen LogP contribution in [0.2, 0.25) is 0 Å². The third kappa shape index (κ3) is 4.55. The molecule has 0 saturated heterocycles. The molecule has 1 atom stereocenters. The van der Waals surface area contributed by atoms with Gasteiger partial charge in [-0.3, -0.25) is 0 Å². The molecule has 0 radical (unpaired) electrons. The van der Waals surface area contributed by atoms with E-state index in [0.717, 1.165) is 22.3 Å². The van der Waals surface area contributed by atoms with Crippen LogP contribution >= 0.6 is 0 Å². The molecule has 0 aromatic heterocycles. The summed E-state index contributed by atoms with van der Waals surface area (Å²) in [6.07, 6.45) is -0.270. The summed E-state index contributed by atoms with van der Waals surface area (Å²) in [7, 11) is 0. The Morgan fingerprint density at radius 2 is 1.23 bits per heavy atom. The van der Waals surface area contributed by atoms with Crippen molar-refractivity contribution < 1.29 is 9.53 Å². The minimum Gasteiger partial charge on any atom is -0.454 e. The second-order valence-electron chi connectivity index (χ2n) is 8.00. The lowest BCUT2D eigenvalue weighted by Crippen LogP contribution is -2.16. The molecule has 0 N–H and O–H groups in total. The fraction of sp³-hybridized carbons (Fsp3) is 0.458. The molecule has 2 aromatic carbocycles. The molecule has 0 saturated carbocycles.